The molecule has 0 N–H and O–H groups in total. The normalized spacial score (nSPS) is 10.1. The monoisotopic (exact) mass is 611 g/mol. The van der Waals surface area contributed by atoms with Gasteiger partial charge in [-0.05, 0) is 75.9 Å². The number of aryl methyl sites for hydroxylation is 1. The summed E-state index contributed by atoms with van der Waals surface area (Å²) >= 11 is 1.49. The Bertz CT molecular complexity index is 1290. The van der Waals surface area contributed by atoms with Crippen LogP contribution < -0.4 is 4.74 Å². The zero-order chi connectivity index (χ0) is 33.2. The fourth-order valence-electron chi connectivity index (χ4n) is 3.66. The van der Waals surface area contributed by atoms with Crippen LogP contribution in [0.4, 0.5) is 4.39 Å². The molecule has 4 rings (SSSR count). The topological polar surface area (TPSA) is 57.0 Å². The number of hydrogen-bond donors (Lipinski definition) is 0. The van der Waals surface area contributed by atoms with Crippen molar-refractivity contribution in [2.24, 2.45) is 5.92 Å². The maximum atomic E-state index is 13.3. The van der Waals surface area contributed by atoms with Gasteiger partial charge in [0.2, 0.25) is 0 Å². The number of carbonyl (C=O) groups is 1. The van der Waals surface area contributed by atoms with Crippen LogP contribution in [0.3, 0.4) is 0 Å². The average molecular weight is 612 g/mol. The fraction of sp³-hybridized carbons (Fsp3) is 0.472. The van der Waals surface area contributed by atoms with Crippen molar-refractivity contribution in [2.75, 3.05) is 7.11 Å². The Morgan fingerprint density at radius 1 is 1.00 bits per heavy atom. The molecular weight excluding hydrogens is 557 g/mol. The quantitative estimate of drug-likeness (QED) is 0.218. The standard InChI is InChI=1S/C19H20FN3OS.C9H12O.C4H10.2C2H6/c1-12(24)9-15-11-25-18(22-15)16-10-21-23(19(2,3)4)17(16)13-5-7-14(20)8-6-13;1-3-8-6-4-5-7-9(8)10-2;1-4(2)3;2*1-2/h5-8,10-11H,9H2,1-4H3;4-7H,3H2,1-2H3;4H,1-3H3;2*1-2H3. The third-order valence-electron chi connectivity index (χ3n) is 5.31. The highest BCUT2D eigenvalue weighted by atomic mass is 32.1. The van der Waals surface area contributed by atoms with E-state index in [1.807, 2.05) is 56.0 Å². The zero-order valence-corrected chi connectivity index (χ0v) is 29.5. The van der Waals surface area contributed by atoms with Gasteiger partial charge in [0, 0.05) is 17.4 Å². The Kier molecular flexibility index (Phi) is 19.0. The smallest absolute Gasteiger partial charge is 0.135 e. The van der Waals surface area contributed by atoms with E-state index in [-0.39, 0.29) is 17.1 Å². The lowest BCUT2D eigenvalue weighted by Crippen LogP contribution is -2.24. The van der Waals surface area contributed by atoms with Crippen LogP contribution in [0.1, 0.15) is 94.3 Å². The van der Waals surface area contributed by atoms with Gasteiger partial charge in [0.05, 0.1) is 35.8 Å². The summed E-state index contributed by atoms with van der Waals surface area (Å²) in [5, 5.41) is 7.27. The number of methoxy groups -OCH3 is 1. The molecule has 5 nitrogen and oxygen atoms in total. The van der Waals surface area contributed by atoms with Crippen molar-refractivity contribution in [3.8, 4) is 27.6 Å². The molecule has 0 saturated heterocycles. The van der Waals surface area contributed by atoms with E-state index in [1.165, 1.54) is 29.0 Å². The molecule has 0 fully saturated rings. The number of hydrogen-bond acceptors (Lipinski definition) is 5. The number of Topliss-reactive ketones (excluding diaryl/α,β-unsaturated/α-hetero) is 1. The molecule has 4 aromatic rings. The first-order valence-corrected chi connectivity index (χ1v) is 16.2. The molecule has 7 heteroatoms. The molecule has 43 heavy (non-hydrogen) atoms. The van der Waals surface area contributed by atoms with Crippen molar-refractivity contribution < 1.29 is 13.9 Å². The summed E-state index contributed by atoms with van der Waals surface area (Å²) in [7, 11) is 1.70. The number of aromatic nitrogens is 3. The van der Waals surface area contributed by atoms with Gasteiger partial charge in [0.15, 0.2) is 0 Å². The van der Waals surface area contributed by atoms with Gasteiger partial charge in [0.25, 0.3) is 0 Å². The lowest BCUT2D eigenvalue weighted by atomic mass is 10.0. The molecule has 0 bridgehead atoms. The maximum Gasteiger partial charge on any atom is 0.135 e. The summed E-state index contributed by atoms with van der Waals surface area (Å²) in [6.07, 6.45) is 3.15. The Balaban J connectivity index is 0.000000810. The van der Waals surface area contributed by atoms with E-state index in [9.17, 15) is 9.18 Å². The molecule has 2 heterocycles. The number of carbonyl (C=O) groups excluding carboxylic acids is 1. The minimum Gasteiger partial charge on any atom is -0.496 e. The van der Waals surface area contributed by atoms with E-state index in [0.29, 0.717) is 6.42 Å². The summed E-state index contributed by atoms with van der Waals surface area (Å²) < 4.78 is 20.4. The molecule has 0 aliphatic rings. The third-order valence-corrected chi connectivity index (χ3v) is 6.23. The van der Waals surface area contributed by atoms with E-state index < -0.39 is 0 Å². The van der Waals surface area contributed by atoms with E-state index in [2.05, 4.69) is 64.6 Å². The zero-order valence-electron chi connectivity index (χ0n) is 28.7. The SMILES string of the molecule is CC.CC.CC(=O)Cc1csc(-c2cnn(C(C)(C)C)c2-c2ccc(F)cc2)n1.CC(C)C.CCc1ccccc1OC. The number of halogens is 1. The molecule has 0 amide bonds. The largest absolute Gasteiger partial charge is 0.496 e. The molecule has 0 radical (unpaired) electrons. The first kappa shape index (κ1) is 39.7. The number of benzene rings is 2. The van der Waals surface area contributed by atoms with Gasteiger partial charge in [-0.25, -0.2) is 9.37 Å². The number of rotatable bonds is 6. The summed E-state index contributed by atoms with van der Waals surface area (Å²) in [5.74, 6) is 1.64. The molecule has 0 atom stereocenters. The number of para-hydroxylation sites is 1. The second-order valence-corrected chi connectivity index (χ2v) is 11.8. The van der Waals surface area contributed by atoms with Crippen LogP contribution in [0.15, 0.2) is 60.1 Å². The Hall–Kier alpha value is -3.32. The Labute approximate surface area is 264 Å². The number of ether oxygens (including phenoxy) is 1. The molecule has 0 spiro atoms. The minimum atomic E-state index is -0.273. The predicted molar refractivity (Wildman–Crippen MR) is 184 cm³/mol. The first-order valence-electron chi connectivity index (χ1n) is 15.3. The predicted octanol–water partition coefficient (Wildman–Crippen LogP) is 10.7. The number of thiazole rings is 1. The summed E-state index contributed by atoms with van der Waals surface area (Å²) in [4.78, 5) is 15.9. The van der Waals surface area contributed by atoms with Crippen molar-refractivity contribution in [2.45, 2.75) is 101 Å². The fourth-order valence-corrected chi connectivity index (χ4v) is 4.49. The molecule has 2 aromatic carbocycles. The van der Waals surface area contributed by atoms with Gasteiger partial charge < -0.3 is 4.74 Å². The van der Waals surface area contributed by atoms with Gasteiger partial charge in [-0.2, -0.15) is 5.10 Å². The highest BCUT2D eigenvalue weighted by Crippen LogP contribution is 2.36. The molecule has 0 unspecified atom stereocenters. The highest BCUT2D eigenvalue weighted by Gasteiger charge is 2.24. The summed E-state index contributed by atoms with van der Waals surface area (Å²) in [5.41, 5.74) is 4.47. The molecule has 0 aliphatic heterocycles. The molecule has 0 saturated carbocycles. The second-order valence-electron chi connectivity index (χ2n) is 10.9. The van der Waals surface area contributed by atoms with E-state index in [4.69, 9.17) is 4.74 Å². The number of nitrogens with zero attached hydrogens (tertiary/aromatic N) is 3. The van der Waals surface area contributed by atoms with Crippen LogP contribution in [-0.2, 0) is 23.2 Å². The van der Waals surface area contributed by atoms with Crippen molar-refractivity contribution in [1.29, 1.82) is 0 Å². The van der Waals surface area contributed by atoms with Gasteiger partial charge >= 0.3 is 0 Å². The first-order chi connectivity index (χ1) is 20.4. The Morgan fingerprint density at radius 3 is 2.02 bits per heavy atom. The van der Waals surface area contributed by atoms with Crippen molar-refractivity contribution in [3.05, 3.63) is 77.2 Å². The van der Waals surface area contributed by atoms with Gasteiger partial charge in [-0.3, -0.25) is 9.48 Å². The number of ketones is 1. The van der Waals surface area contributed by atoms with E-state index in [1.54, 1.807) is 32.4 Å². The lowest BCUT2D eigenvalue weighted by molar-refractivity contribution is -0.116. The lowest BCUT2D eigenvalue weighted by Gasteiger charge is -2.23. The van der Waals surface area contributed by atoms with Crippen LogP contribution in [-0.4, -0.2) is 27.7 Å². The minimum absolute atomic E-state index is 0.0843. The van der Waals surface area contributed by atoms with E-state index >= 15 is 0 Å². The second kappa shape index (κ2) is 20.6. The molecule has 0 aliphatic carbocycles. The van der Waals surface area contributed by atoms with Crippen LogP contribution in [0.5, 0.6) is 5.75 Å². The van der Waals surface area contributed by atoms with Crippen molar-refractivity contribution >= 4 is 17.1 Å². The average Bonchev–Trinajstić information content (AvgIpc) is 3.63. The van der Waals surface area contributed by atoms with Gasteiger partial charge in [-0.15, -0.1) is 11.3 Å². The van der Waals surface area contributed by atoms with Gasteiger partial charge in [-0.1, -0.05) is 73.6 Å². The van der Waals surface area contributed by atoms with Crippen molar-refractivity contribution in [1.82, 2.24) is 14.8 Å². The molecular formula is C36H54FN3O2S. The molecule has 238 valence electrons. The van der Waals surface area contributed by atoms with Crippen LogP contribution in [0.2, 0.25) is 0 Å². The maximum absolute atomic E-state index is 13.3. The summed E-state index contributed by atoms with van der Waals surface area (Å²) in [6, 6.07) is 14.5. The van der Waals surface area contributed by atoms with Crippen LogP contribution in [0.25, 0.3) is 21.8 Å². The highest BCUT2D eigenvalue weighted by molar-refractivity contribution is 7.13. The Morgan fingerprint density at radius 2 is 1.56 bits per heavy atom. The molecule has 2 aromatic heterocycles. The van der Waals surface area contributed by atoms with Crippen LogP contribution in [0, 0.1) is 11.7 Å². The van der Waals surface area contributed by atoms with Crippen LogP contribution >= 0.6 is 11.3 Å². The van der Waals surface area contributed by atoms with E-state index in [0.717, 1.165) is 45.6 Å². The summed E-state index contributed by atoms with van der Waals surface area (Å²) in [6.45, 7) is 24.4. The van der Waals surface area contributed by atoms with Crippen molar-refractivity contribution in [3.63, 3.8) is 0 Å². The third kappa shape index (κ3) is 13.7. The van der Waals surface area contributed by atoms with Gasteiger partial charge in [0.1, 0.15) is 22.4 Å².